The smallest absolute Gasteiger partial charge is 0.118 e. The Morgan fingerprint density at radius 2 is 1.02 bits per heavy atom. The van der Waals surface area contributed by atoms with Crippen molar-refractivity contribution < 1.29 is 18.9 Å². The molecule has 0 aliphatic rings. The molecule has 0 radical (unpaired) electrons. The van der Waals surface area contributed by atoms with Crippen LogP contribution in [-0.4, -0.2) is 33.5 Å². The molecule has 0 aliphatic heterocycles. The molecule has 0 aliphatic carbocycles. The van der Waals surface area contributed by atoms with Gasteiger partial charge < -0.3 is 23.8 Å². The van der Waals surface area contributed by atoms with Crippen molar-refractivity contribution in [2.45, 2.75) is 52.1 Å². The van der Waals surface area contributed by atoms with E-state index in [4.69, 9.17) is 18.9 Å². The summed E-state index contributed by atoms with van der Waals surface area (Å²) in [4.78, 5) is 2.19. The van der Waals surface area contributed by atoms with Gasteiger partial charge in [-0.15, -0.1) is 0 Å². The second-order valence-electron chi connectivity index (χ2n) is 11.2. The van der Waals surface area contributed by atoms with Crippen LogP contribution < -0.4 is 14.4 Å². The third-order valence-corrected chi connectivity index (χ3v) is 7.23. The van der Waals surface area contributed by atoms with E-state index in [1.807, 2.05) is 30.3 Å². The quantitative estimate of drug-likeness (QED) is 0.146. The largest absolute Gasteiger partial charge is 0.497 e. The fourth-order valence-corrected chi connectivity index (χ4v) is 4.89. The zero-order chi connectivity index (χ0) is 31.5. The van der Waals surface area contributed by atoms with Crippen LogP contribution in [0.25, 0.3) is 12.2 Å². The van der Waals surface area contributed by atoms with Crippen molar-refractivity contribution in [3.05, 3.63) is 131 Å². The molecule has 0 fully saturated rings. The summed E-state index contributed by atoms with van der Waals surface area (Å²) in [6.07, 6.45) is 8.25. The Kier molecular flexibility index (Phi) is 11.8. The molecule has 0 amide bonds. The molecule has 0 bridgehead atoms. The Hall–Kier alpha value is -4.32. The van der Waals surface area contributed by atoms with E-state index in [9.17, 15) is 0 Å². The third-order valence-electron chi connectivity index (χ3n) is 7.23. The Morgan fingerprint density at radius 3 is 1.48 bits per heavy atom. The number of anilines is 2. The number of hydrogen-bond acceptors (Lipinski definition) is 5. The van der Waals surface area contributed by atoms with Gasteiger partial charge in [-0.25, -0.2) is 0 Å². The minimum Gasteiger partial charge on any atom is -0.497 e. The molecule has 4 aromatic carbocycles. The zero-order valence-electron chi connectivity index (χ0n) is 26.9. The maximum absolute atomic E-state index is 6.35. The van der Waals surface area contributed by atoms with Crippen LogP contribution in [0, 0.1) is 0 Å². The molecule has 0 saturated heterocycles. The van der Waals surface area contributed by atoms with Gasteiger partial charge in [-0.3, -0.25) is 0 Å². The highest BCUT2D eigenvalue weighted by molar-refractivity contribution is 5.73. The van der Waals surface area contributed by atoms with Crippen LogP contribution in [0.1, 0.15) is 62.2 Å². The predicted octanol–water partition coefficient (Wildman–Crippen LogP) is 9.83. The molecule has 44 heavy (non-hydrogen) atoms. The molecule has 5 nitrogen and oxygen atoms in total. The van der Waals surface area contributed by atoms with Crippen LogP contribution in [0.2, 0.25) is 0 Å². The summed E-state index contributed by atoms with van der Waals surface area (Å²) in [7, 11) is 5.44. The first-order valence-corrected chi connectivity index (χ1v) is 15.2. The lowest BCUT2D eigenvalue weighted by Crippen LogP contribution is -2.10. The summed E-state index contributed by atoms with van der Waals surface area (Å²) >= 11 is 0. The second kappa shape index (κ2) is 15.9. The molecule has 0 N–H and O–H groups in total. The van der Waals surface area contributed by atoms with Gasteiger partial charge in [0.2, 0.25) is 0 Å². The van der Waals surface area contributed by atoms with Gasteiger partial charge >= 0.3 is 0 Å². The molecule has 0 heterocycles. The van der Waals surface area contributed by atoms with E-state index in [1.54, 1.807) is 14.2 Å². The van der Waals surface area contributed by atoms with E-state index in [2.05, 4.69) is 131 Å². The van der Waals surface area contributed by atoms with Crippen LogP contribution in [0.5, 0.6) is 11.5 Å². The van der Waals surface area contributed by atoms with Gasteiger partial charge in [-0.05, 0) is 98.5 Å². The Balaban J connectivity index is 1.73. The van der Waals surface area contributed by atoms with Gasteiger partial charge in [0.05, 0.1) is 26.4 Å². The molecule has 2 atom stereocenters. The standard InChI is InChI=1S/C39H45NO4/c1-28(2)43-38(31-14-21-36(41-6)22-15-31)25-18-30-13-20-35(40(5)34-11-9-8-10-12-34)27-33(30)19-26-39(44-29(3)4)32-16-23-37(42-7)24-17-32/h8-29,38-39H,1-7H3/b25-18+,26-19+. The summed E-state index contributed by atoms with van der Waals surface area (Å²) in [6, 6.07) is 33.0. The van der Waals surface area contributed by atoms with E-state index in [-0.39, 0.29) is 24.4 Å². The van der Waals surface area contributed by atoms with Gasteiger partial charge in [0.1, 0.15) is 23.7 Å². The number of para-hydroxylation sites is 1. The van der Waals surface area contributed by atoms with Crippen molar-refractivity contribution in [2.24, 2.45) is 0 Å². The maximum atomic E-state index is 6.35. The van der Waals surface area contributed by atoms with Gasteiger partial charge in [0, 0.05) is 18.4 Å². The molecule has 0 spiro atoms. The fraction of sp³-hybridized carbons (Fsp3) is 0.282. The topological polar surface area (TPSA) is 40.2 Å². The highest BCUT2D eigenvalue weighted by Crippen LogP contribution is 2.31. The monoisotopic (exact) mass is 591 g/mol. The number of methoxy groups -OCH3 is 2. The van der Waals surface area contributed by atoms with E-state index in [1.165, 1.54) is 0 Å². The zero-order valence-corrected chi connectivity index (χ0v) is 26.9. The number of ether oxygens (including phenoxy) is 4. The number of nitrogens with zero attached hydrogens (tertiary/aromatic N) is 1. The molecule has 0 aromatic heterocycles. The number of rotatable bonds is 14. The lowest BCUT2D eigenvalue weighted by molar-refractivity contribution is 0.0350. The minimum atomic E-state index is -0.218. The SMILES string of the molecule is COc1ccc(C(/C=C/c2ccc(N(C)c3ccccc3)cc2/C=C/C(OC(C)C)c2ccc(OC)cc2)OC(C)C)cc1. The first kappa shape index (κ1) is 32.6. The Labute approximate surface area is 263 Å². The Bertz CT molecular complexity index is 1490. The predicted molar refractivity (Wildman–Crippen MR) is 183 cm³/mol. The highest BCUT2D eigenvalue weighted by Gasteiger charge is 2.14. The fourth-order valence-electron chi connectivity index (χ4n) is 4.89. The Morgan fingerprint density at radius 1 is 0.545 bits per heavy atom. The second-order valence-corrected chi connectivity index (χ2v) is 11.2. The van der Waals surface area contributed by atoms with Crippen molar-refractivity contribution in [2.75, 3.05) is 26.2 Å². The third kappa shape index (κ3) is 9.09. The first-order chi connectivity index (χ1) is 21.3. The van der Waals surface area contributed by atoms with E-state index < -0.39 is 0 Å². The van der Waals surface area contributed by atoms with Crippen LogP contribution in [0.15, 0.2) is 109 Å². The molecule has 2 unspecified atom stereocenters. The van der Waals surface area contributed by atoms with Crippen molar-refractivity contribution >= 4 is 23.5 Å². The average molecular weight is 592 g/mol. The molecule has 0 saturated carbocycles. The van der Waals surface area contributed by atoms with Crippen molar-refractivity contribution in [1.29, 1.82) is 0 Å². The summed E-state index contributed by atoms with van der Waals surface area (Å²) in [5, 5.41) is 0. The van der Waals surface area contributed by atoms with Gasteiger partial charge in [-0.1, -0.05) is 72.8 Å². The normalized spacial score (nSPS) is 13.1. The van der Waals surface area contributed by atoms with Crippen molar-refractivity contribution in [1.82, 2.24) is 0 Å². The van der Waals surface area contributed by atoms with E-state index in [0.717, 1.165) is 45.1 Å². The maximum Gasteiger partial charge on any atom is 0.118 e. The number of hydrogen-bond donors (Lipinski definition) is 0. The first-order valence-electron chi connectivity index (χ1n) is 15.2. The minimum absolute atomic E-state index is 0.0557. The van der Waals surface area contributed by atoms with E-state index >= 15 is 0 Å². The van der Waals surface area contributed by atoms with Crippen molar-refractivity contribution in [3.63, 3.8) is 0 Å². The lowest BCUT2D eigenvalue weighted by Gasteiger charge is -2.21. The van der Waals surface area contributed by atoms with Gasteiger partial charge in [0.25, 0.3) is 0 Å². The molecular weight excluding hydrogens is 546 g/mol. The lowest BCUT2D eigenvalue weighted by atomic mass is 10.0. The molecule has 5 heteroatoms. The number of benzene rings is 4. The van der Waals surface area contributed by atoms with E-state index in [0.29, 0.717) is 0 Å². The molecule has 230 valence electrons. The van der Waals surface area contributed by atoms with Gasteiger partial charge in [-0.2, -0.15) is 0 Å². The highest BCUT2D eigenvalue weighted by atomic mass is 16.5. The summed E-state index contributed by atoms with van der Waals surface area (Å²) in [6.45, 7) is 8.23. The summed E-state index contributed by atoms with van der Waals surface area (Å²) in [5.41, 5.74) is 6.49. The van der Waals surface area contributed by atoms with Crippen LogP contribution in [0.3, 0.4) is 0 Å². The summed E-state index contributed by atoms with van der Waals surface area (Å²) < 4.78 is 23.4. The van der Waals surface area contributed by atoms with Crippen molar-refractivity contribution in [3.8, 4) is 11.5 Å². The van der Waals surface area contributed by atoms with Crippen LogP contribution in [-0.2, 0) is 9.47 Å². The molecule has 4 rings (SSSR count). The summed E-state index contributed by atoms with van der Waals surface area (Å²) in [5.74, 6) is 1.64. The molecular formula is C39H45NO4. The van der Waals surface area contributed by atoms with Crippen LogP contribution in [0.4, 0.5) is 11.4 Å². The molecule has 4 aromatic rings. The van der Waals surface area contributed by atoms with Gasteiger partial charge in [0.15, 0.2) is 0 Å². The average Bonchev–Trinajstić information content (AvgIpc) is 3.05. The van der Waals surface area contributed by atoms with Crippen LogP contribution >= 0.6 is 0 Å².